The standard InChI is InChI=1S/C15H18O2/c1-4-17-15(16)13(3)11-10-12(2)14-8-6-5-7-9-14/h5-9,11,13H,4H2,1-3H3. The van der Waals surface area contributed by atoms with Crippen molar-refractivity contribution in [3.8, 4) is 0 Å². The summed E-state index contributed by atoms with van der Waals surface area (Å²) in [6.45, 7) is 6.00. The average Bonchev–Trinajstić information content (AvgIpc) is 2.36. The summed E-state index contributed by atoms with van der Waals surface area (Å²) >= 11 is 0. The molecule has 1 atom stereocenters. The monoisotopic (exact) mass is 230 g/mol. The van der Waals surface area contributed by atoms with Gasteiger partial charge in [0.25, 0.3) is 0 Å². The topological polar surface area (TPSA) is 26.3 Å². The third kappa shape index (κ3) is 4.29. The van der Waals surface area contributed by atoms with Crippen LogP contribution in [-0.4, -0.2) is 12.6 Å². The fourth-order valence-corrected chi connectivity index (χ4v) is 1.36. The predicted molar refractivity (Wildman–Crippen MR) is 69.4 cm³/mol. The highest BCUT2D eigenvalue weighted by Crippen LogP contribution is 2.11. The highest BCUT2D eigenvalue weighted by atomic mass is 16.5. The number of benzene rings is 1. The molecular formula is C15H18O2. The number of esters is 1. The van der Waals surface area contributed by atoms with Gasteiger partial charge in [0.05, 0.1) is 12.5 Å². The Morgan fingerprint density at radius 2 is 2.06 bits per heavy atom. The smallest absolute Gasteiger partial charge is 0.313 e. The van der Waals surface area contributed by atoms with Gasteiger partial charge in [-0.25, -0.2) is 0 Å². The van der Waals surface area contributed by atoms with Crippen LogP contribution in [0.1, 0.15) is 26.3 Å². The molecule has 2 nitrogen and oxygen atoms in total. The van der Waals surface area contributed by atoms with Crippen LogP contribution in [0.3, 0.4) is 0 Å². The SMILES string of the molecule is CCOC(=O)C(C)C=C=C(C)c1ccccc1. The predicted octanol–water partition coefficient (Wildman–Crippen LogP) is 3.44. The van der Waals surface area contributed by atoms with E-state index in [0.29, 0.717) is 6.61 Å². The molecule has 0 aliphatic heterocycles. The molecule has 1 rings (SSSR count). The van der Waals surface area contributed by atoms with E-state index in [2.05, 4.69) is 5.73 Å². The maximum atomic E-state index is 11.4. The van der Waals surface area contributed by atoms with E-state index in [9.17, 15) is 4.79 Å². The minimum atomic E-state index is -0.256. The molecule has 0 aliphatic rings. The molecule has 0 amide bonds. The zero-order valence-corrected chi connectivity index (χ0v) is 10.6. The Balaban J connectivity index is 2.78. The number of hydrogen-bond donors (Lipinski definition) is 0. The quantitative estimate of drug-likeness (QED) is 0.585. The Morgan fingerprint density at radius 1 is 1.41 bits per heavy atom. The Labute approximate surface area is 103 Å². The van der Waals surface area contributed by atoms with Crippen molar-refractivity contribution >= 4 is 11.5 Å². The average molecular weight is 230 g/mol. The lowest BCUT2D eigenvalue weighted by molar-refractivity contribution is -0.145. The van der Waals surface area contributed by atoms with Crippen LogP contribution in [0.2, 0.25) is 0 Å². The molecule has 2 heteroatoms. The van der Waals surface area contributed by atoms with Crippen LogP contribution in [0, 0.1) is 5.92 Å². The maximum Gasteiger partial charge on any atom is 0.313 e. The molecule has 0 bridgehead atoms. The van der Waals surface area contributed by atoms with Gasteiger partial charge in [0.1, 0.15) is 0 Å². The van der Waals surface area contributed by atoms with E-state index in [4.69, 9.17) is 4.74 Å². The summed E-state index contributed by atoms with van der Waals surface area (Å²) in [7, 11) is 0. The number of carbonyl (C=O) groups excluding carboxylic acids is 1. The van der Waals surface area contributed by atoms with Gasteiger partial charge in [0.15, 0.2) is 0 Å². The molecule has 0 spiro atoms. The lowest BCUT2D eigenvalue weighted by Crippen LogP contribution is -2.11. The largest absolute Gasteiger partial charge is 0.466 e. The summed E-state index contributed by atoms with van der Waals surface area (Å²) in [5.74, 6) is -0.463. The van der Waals surface area contributed by atoms with Crippen molar-refractivity contribution in [1.29, 1.82) is 0 Å². The lowest BCUT2D eigenvalue weighted by Gasteiger charge is -2.04. The zero-order valence-electron chi connectivity index (χ0n) is 10.6. The van der Waals surface area contributed by atoms with Crippen LogP contribution in [0.25, 0.3) is 5.57 Å². The molecule has 1 aromatic carbocycles. The Bertz CT molecular complexity index is 425. The summed E-state index contributed by atoms with van der Waals surface area (Å²) < 4.78 is 4.92. The molecule has 0 fully saturated rings. The highest BCUT2D eigenvalue weighted by molar-refractivity contribution is 5.74. The van der Waals surface area contributed by atoms with Gasteiger partial charge >= 0.3 is 5.97 Å². The number of carbonyl (C=O) groups is 1. The molecule has 1 unspecified atom stereocenters. The zero-order chi connectivity index (χ0) is 12.7. The molecule has 0 N–H and O–H groups in total. The summed E-state index contributed by atoms with van der Waals surface area (Å²) in [5, 5.41) is 0. The third-order valence-corrected chi connectivity index (χ3v) is 2.42. The van der Waals surface area contributed by atoms with Crippen molar-refractivity contribution in [2.75, 3.05) is 6.61 Å². The van der Waals surface area contributed by atoms with E-state index in [0.717, 1.165) is 11.1 Å². The molecule has 17 heavy (non-hydrogen) atoms. The van der Waals surface area contributed by atoms with E-state index < -0.39 is 0 Å². The second-order valence-corrected chi connectivity index (χ2v) is 3.84. The van der Waals surface area contributed by atoms with Gasteiger partial charge in [-0.3, -0.25) is 4.79 Å². The Kier molecular flexibility index (Phi) is 5.25. The molecule has 0 saturated carbocycles. The number of rotatable bonds is 4. The van der Waals surface area contributed by atoms with Gasteiger partial charge in [0.2, 0.25) is 0 Å². The lowest BCUT2D eigenvalue weighted by atomic mass is 10.1. The van der Waals surface area contributed by atoms with E-state index in [-0.39, 0.29) is 11.9 Å². The van der Waals surface area contributed by atoms with Crippen molar-refractivity contribution in [3.05, 3.63) is 47.7 Å². The van der Waals surface area contributed by atoms with Gasteiger partial charge in [-0.05, 0) is 38.0 Å². The van der Waals surface area contributed by atoms with Crippen molar-refractivity contribution in [2.24, 2.45) is 5.92 Å². The first-order chi connectivity index (χ1) is 8.15. The molecule has 0 aromatic heterocycles. The normalized spacial score (nSPS) is 11.2. The third-order valence-electron chi connectivity index (χ3n) is 2.42. The first-order valence-corrected chi connectivity index (χ1v) is 5.80. The van der Waals surface area contributed by atoms with Crippen LogP contribution in [-0.2, 0) is 9.53 Å². The van der Waals surface area contributed by atoms with Gasteiger partial charge in [0, 0.05) is 0 Å². The second-order valence-electron chi connectivity index (χ2n) is 3.84. The van der Waals surface area contributed by atoms with Crippen LogP contribution >= 0.6 is 0 Å². The molecule has 0 radical (unpaired) electrons. The number of ether oxygens (including phenoxy) is 1. The molecule has 0 saturated heterocycles. The van der Waals surface area contributed by atoms with E-state index in [1.807, 2.05) is 44.2 Å². The summed E-state index contributed by atoms with van der Waals surface area (Å²) in [5.41, 5.74) is 5.26. The minimum absolute atomic E-state index is 0.208. The van der Waals surface area contributed by atoms with Crippen molar-refractivity contribution < 1.29 is 9.53 Å². The molecule has 1 aromatic rings. The first kappa shape index (κ1) is 13.3. The number of hydrogen-bond acceptors (Lipinski definition) is 2. The van der Waals surface area contributed by atoms with Crippen molar-refractivity contribution in [1.82, 2.24) is 0 Å². The maximum absolute atomic E-state index is 11.4. The van der Waals surface area contributed by atoms with E-state index in [1.54, 1.807) is 13.0 Å². The highest BCUT2D eigenvalue weighted by Gasteiger charge is 2.09. The Hall–Kier alpha value is -1.79. The van der Waals surface area contributed by atoms with Gasteiger partial charge in [-0.2, -0.15) is 0 Å². The summed E-state index contributed by atoms with van der Waals surface area (Å²) in [6, 6.07) is 9.97. The van der Waals surface area contributed by atoms with E-state index >= 15 is 0 Å². The second kappa shape index (κ2) is 6.72. The Morgan fingerprint density at radius 3 is 2.65 bits per heavy atom. The summed E-state index contributed by atoms with van der Waals surface area (Å²) in [6.07, 6.45) is 1.75. The van der Waals surface area contributed by atoms with Crippen LogP contribution in [0.15, 0.2) is 42.1 Å². The van der Waals surface area contributed by atoms with Gasteiger partial charge in [-0.1, -0.05) is 30.3 Å². The van der Waals surface area contributed by atoms with Crippen molar-refractivity contribution in [2.45, 2.75) is 20.8 Å². The molecule has 90 valence electrons. The van der Waals surface area contributed by atoms with Gasteiger partial charge < -0.3 is 4.74 Å². The molecule has 0 aliphatic carbocycles. The fourth-order valence-electron chi connectivity index (χ4n) is 1.36. The first-order valence-electron chi connectivity index (χ1n) is 5.80. The van der Waals surface area contributed by atoms with Crippen LogP contribution in [0.5, 0.6) is 0 Å². The minimum Gasteiger partial charge on any atom is -0.466 e. The van der Waals surface area contributed by atoms with Crippen LogP contribution < -0.4 is 0 Å². The van der Waals surface area contributed by atoms with Gasteiger partial charge in [-0.15, -0.1) is 5.73 Å². The molecule has 0 heterocycles. The van der Waals surface area contributed by atoms with Crippen molar-refractivity contribution in [3.63, 3.8) is 0 Å². The summed E-state index contributed by atoms with van der Waals surface area (Å²) in [4.78, 5) is 11.4. The van der Waals surface area contributed by atoms with E-state index in [1.165, 1.54) is 0 Å². The van der Waals surface area contributed by atoms with Crippen LogP contribution in [0.4, 0.5) is 0 Å². The fraction of sp³-hybridized carbons (Fsp3) is 0.333. The molecular weight excluding hydrogens is 212 g/mol.